The van der Waals surface area contributed by atoms with E-state index in [0.29, 0.717) is 5.56 Å². The van der Waals surface area contributed by atoms with E-state index in [0.717, 1.165) is 10.5 Å². The highest BCUT2D eigenvalue weighted by atomic mass is 79.9. The van der Waals surface area contributed by atoms with Crippen LogP contribution in [0.2, 0.25) is 0 Å². The Kier molecular flexibility index (Phi) is 5.15. The van der Waals surface area contributed by atoms with E-state index in [1.165, 1.54) is 38.1 Å². The number of amides is 1. The lowest BCUT2D eigenvalue weighted by atomic mass is 10.1. The van der Waals surface area contributed by atoms with Gasteiger partial charge in [0.2, 0.25) is 5.91 Å². The molecule has 0 aliphatic rings. The Morgan fingerprint density at radius 1 is 1.12 bits per heavy atom. The summed E-state index contributed by atoms with van der Waals surface area (Å²) in [5.41, 5.74) is 0.890. The molecule has 128 valence electrons. The second-order valence-electron chi connectivity index (χ2n) is 5.88. The molecule has 2 aromatic carbocycles. The number of halogens is 2. The van der Waals surface area contributed by atoms with Crippen molar-refractivity contribution >= 4 is 37.4 Å². The molecule has 0 unspecified atom stereocenters. The van der Waals surface area contributed by atoms with Gasteiger partial charge in [0, 0.05) is 10.2 Å². The number of benzene rings is 2. The van der Waals surface area contributed by atoms with Crippen molar-refractivity contribution in [1.82, 2.24) is 0 Å². The summed E-state index contributed by atoms with van der Waals surface area (Å²) in [6, 6.07) is 10.0. The number of hydrogen-bond acceptors (Lipinski definition) is 3. The number of carbonyl (C=O) groups excluding carboxylic acids is 1. The van der Waals surface area contributed by atoms with Crippen LogP contribution in [0.5, 0.6) is 0 Å². The van der Waals surface area contributed by atoms with E-state index in [1.54, 1.807) is 19.1 Å². The van der Waals surface area contributed by atoms with Gasteiger partial charge in [-0.1, -0.05) is 22.0 Å². The van der Waals surface area contributed by atoms with Gasteiger partial charge in [0.05, 0.1) is 4.90 Å². The SMILES string of the molecule is Cc1ccc(F)cc1NC(=O)C(C)(C)S(=O)(=O)c1ccc(Br)cc1. The van der Waals surface area contributed by atoms with Gasteiger partial charge < -0.3 is 5.32 Å². The topological polar surface area (TPSA) is 63.2 Å². The zero-order valence-corrected chi connectivity index (χ0v) is 15.8. The Morgan fingerprint density at radius 2 is 1.71 bits per heavy atom. The van der Waals surface area contributed by atoms with Crippen LogP contribution in [0.15, 0.2) is 51.8 Å². The molecule has 0 spiro atoms. The fourth-order valence-electron chi connectivity index (χ4n) is 2.03. The normalized spacial score (nSPS) is 12.0. The second kappa shape index (κ2) is 6.64. The monoisotopic (exact) mass is 413 g/mol. The molecule has 1 N–H and O–H groups in total. The van der Waals surface area contributed by atoms with E-state index in [1.807, 2.05) is 0 Å². The van der Waals surface area contributed by atoms with Crippen molar-refractivity contribution in [3.05, 3.63) is 58.3 Å². The van der Waals surface area contributed by atoms with Crippen LogP contribution in [0.1, 0.15) is 19.4 Å². The summed E-state index contributed by atoms with van der Waals surface area (Å²) in [7, 11) is -3.92. The van der Waals surface area contributed by atoms with Crippen molar-refractivity contribution in [3.63, 3.8) is 0 Å². The minimum absolute atomic E-state index is 0.0433. The largest absolute Gasteiger partial charge is 0.324 e. The number of hydrogen-bond donors (Lipinski definition) is 1. The van der Waals surface area contributed by atoms with Gasteiger partial charge in [0.25, 0.3) is 0 Å². The predicted octanol–water partition coefficient (Wildman–Crippen LogP) is 4.09. The van der Waals surface area contributed by atoms with Crippen molar-refractivity contribution in [2.75, 3.05) is 5.32 Å². The third kappa shape index (κ3) is 3.52. The molecule has 0 aliphatic carbocycles. The minimum Gasteiger partial charge on any atom is -0.324 e. The van der Waals surface area contributed by atoms with E-state index in [2.05, 4.69) is 21.2 Å². The smallest absolute Gasteiger partial charge is 0.245 e. The molecule has 0 saturated heterocycles. The molecule has 0 bridgehead atoms. The van der Waals surface area contributed by atoms with Crippen LogP contribution in [0.3, 0.4) is 0 Å². The van der Waals surface area contributed by atoms with Crippen molar-refractivity contribution < 1.29 is 17.6 Å². The summed E-state index contributed by atoms with van der Waals surface area (Å²) in [5, 5.41) is 2.51. The standard InChI is InChI=1S/C17H17BrFNO3S/c1-11-4-7-13(19)10-15(11)20-16(21)17(2,3)24(22,23)14-8-5-12(18)6-9-14/h4-10H,1-3H3,(H,20,21). The predicted molar refractivity (Wildman–Crippen MR) is 95.2 cm³/mol. The lowest BCUT2D eigenvalue weighted by Crippen LogP contribution is -2.44. The number of aryl methyl sites for hydroxylation is 1. The zero-order chi connectivity index (χ0) is 18.1. The maximum Gasteiger partial charge on any atom is 0.245 e. The first kappa shape index (κ1) is 18.6. The Morgan fingerprint density at radius 3 is 2.29 bits per heavy atom. The first-order valence-electron chi connectivity index (χ1n) is 7.13. The molecule has 2 aromatic rings. The number of anilines is 1. The van der Waals surface area contributed by atoms with Crippen LogP contribution in [0.25, 0.3) is 0 Å². The Labute approximate surface area is 149 Å². The van der Waals surface area contributed by atoms with Crippen LogP contribution in [0, 0.1) is 12.7 Å². The molecule has 0 saturated carbocycles. The van der Waals surface area contributed by atoms with Gasteiger partial charge in [-0.15, -0.1) is 0 Å². The third-order valence-electron chi connectivity index (χ3n) is 3.79. The van der Waals surface area contributed by atoms with Crippen molar-refractivity contribution in [1.29, 1.82) is 0 Å². The molecule has 4 nitrogen and oxygen atoms in total. The maximum absolute atomic E-state index is 13.4. The fraction of sp³-hybridized carbons (Fsp3) is 0.235. The molecule has 2 rings (SSSR count). The molecule has 0 atom stereocenters. The van der Waals surface area contributed by atoms with Gasteiger partial charge in [-0.25, -0.2) is 12.8 Å². The average molecular weight is 414 g/mol. The first-order chi connectivity index (χ1) is 11.1. The summed E-state index contributed by atoms with van der Waals surface area (Å²) in [6.07, 6.45) is 0. The Hall–Kier alpha value is -1.73. The molecular weight excluding hydrogens is 397 g/mol. The number of rotatable bonds is 4. The van der Waals surface area contributed by atoms with Gasteiger partial charge >= 0.3 is 0 Å². The van der Waals surface area contributed by atoms with E-state index in [4.69, 9.17) is 0 Å². The van der Waals surface area contributed by atoms with E-state index >= 15 is 0 Å². The zero-order valence-electron chi connectivity index (χ0n) is 13.4. The molecular formula is C17H17BrFNO3S. The van der Waals surface area contributed by atoms with Crippen molar-refractivity contribution in [2.24, 2.45) is 0 Å². The third-order valence-corrected chi connectivity index (χ3v) is 6.74. The molecule has 0 radical (unpaired) electrons. The first-order valence-corrected chi connectivity index (χ1v) is 9.41. The van der Waals surface area contributed by atoms with Crippen molar-refractivity contribution in [2.45, 2.75) is 30.4 Å². The quantitative estimate of drug-likeness (QED) is 0.820. The van der Waals surface area contributed by atoms with Gasteiger partial charge in [0.15, 0.2) is 9.84 Å². The lowest BCUT2D eigenvalue weighted by Gasteiger charge is -2.24. The van der Waals surface area contributed by atoms with E-state index in [9.17, 15) is 17.6 Å². The van der Waals surface area contributed by atoms with Crippen LogP contribution in [-0.2, 0) is 14.6 Å². The van der Waals surface area contributed by atoms with E-state index < -0.39 is 26.3 Å². The maximum atomic E-state index is 13.4. The fourth-order valence-corrected chi connectivity index (χ4v) is 3.68. The molecule has 7 heteroatoms. The van der Waals surface area contributed by atoms with Gasteiger partial charge in [-0.3, -0.25) is 4.79 Å². The summed E-state index contributed by atoms with van der Waals surface area (Å²) >= 11 is 3.24. The van der Waals surface area contributed by atoms with Crippen LogP contribution in [-0.4, -0.2) is 19.1 Å². The Bertz CT molecular complexity index is 877. The van der Waals surface area contributed by atoms with Gasteiger partial charge in [0.1, 0.15) is 10.6 Å². The summed E-state index contributed by atoms with van der Waals surface area (Å²) in [4.78, 5) is 12.6. The van der Waals surface area contributed by atoms with Crippen LogP contribution in [0.4, 0.5) is 10.1 Å². The number of nitrogens with one attached hydrogen (secondary N) is 1. The van der Waals surface area contributed by atoms with Crippen molar-refractivity contribution in [3.8, 4) is 0 Å². The summed E-state index contributed by atoms with van der Waals surface area (Å²) in [6.45, 7) is 4.36. The lowest BCUT2D eigenvalue weighted by molar-refractivity contribution is -0.117. The average Bonchev–Trinajstić information content (AvgIpc) is 2.51. The molecule has 24 heavy (non-hydrogen) atoms. The van der Waals surface area contributed by atoms with E-state index in [-0.39, 0.29) is 10.6 Å². The highest BCUT2D eigenvalue weighted by Gasteiger charge is 2.43. The molecule has 1 amide bonds. The Balaban J connectivity index is 2.36. The number of sulfone groups is 1. The molecule has 0 heterocycles. The minimum atomic E-state index is -3.92. The molecule has 0 aliphatic heterocycles. The molecule has 0 aromatic heterocycles. The summed E-state index contributed by atoms with van der Waals surface area (Å²) in [5.74, 6) is -1.23. The summed E-state index contributed by atoms with van der Waals surface area (Å²) < 4.78 is 38.0. The number of carbonyl (C=O) groups is 1. The van der Waals surface area contributed by atoms with Gasteiger partial charge in [-0.05, 0) is 62.7 Å². The second-order valence-corrected chi connectivity index (χ2v) is 9.30. The highest BCUT2D eigenvalue weighted by molar-refractivity contribution is 9.10. The van der Waals surface area contributed by atoms with Crippen LogP contribution >= 0.6 is 15.9 Å². The highest BCUT2D eigenvalue weighted by Crippen LogP contribution is 2.28. The van der Waals surface area contributed by atoms with Crippen LogP contribution < -0.4 is 5.32 Å². The van der Waals surface area contributed by atoms with Gasteiger partial charge in [-0.2, -0.15) is 0 Å². The molecule has 0 fully saturated rings.